The molecule has 2 rings (SSSR count). The highest BCUT2D eigenvalue weighted by Crippen LogP contribution is 2.23. The van der Waals surface area contributed by atoms with Gasteiger partial charge in [0.15, 0.2) is 15.7 Å². The molecule has 3 N–H and O–H groups in total. The topological polar surface area (TPSA) is 96.0 Å². The average molecular weight is 283 g/mol. The number of amidine groups is 1. The van der Waals surface area contributed by atoms with Crippen molar-refractivity contribution in [3.05, 3.63) is 29.3 Å². The van der Waals surface area contributed by atoms with Crippen LogP contribution in [-0.2, 0) is 9.84 Å². The Morgan fingerprint density at radius 2 is 2.00 bits per heavy atom. The average Bonchev–Trinajstić information content (AvgIpc) is 2.38. The second-order valence-corrected chi connectivity index (χ2v) is 6.93. The smallest absolute Gasteiger partial charge is 0.170 e. The first-order valence-electron chi connectivity index (χ1n) is 5.97. The van der Waals surface area contributed by atoms with E-state index in [0.29, 0.717) is 18.7 Å². The maximum atomic E-state index is 11.4. The fourth-order valence-corrected chi connectivity index (χ4v) is 3.38. The number of oxime groups is 1. The Morgan fingerprint density at radius 3 is 2.53 bits per heavy atom. The van der Waals surface area contributed by atoms with Crippen molar-refractivity contribution in [1.29, 1.82) is 0 Å². The van der Waals surface area contributed by atoms with Crippen LogP contribution >= 0.6 is 0 Å². The highest BCUT2D eigenvalue weighted by atomic mass is 32.2. The molecule has 0 unspecified atom stereocenters. The minimum Gasteiger partial charge on any atom is -0.409 e. The summed E-state index contributed by atoms with van der Waals surface area (Å²) in [6, 6.07) is 5.47. The first kappa shape index (κ1) is 13.7. The Bertz CT molecular complexity index is 597. The van der Waals surface area contributed by atoms with E-state index in [2.05, 4.69) is 5.16 Å². The number of benzene rings is 1. The van der Waals surface area contributed by atoms with E-state index in [-0.39, 0.29) is 17.3 Å². The summed E-state index contributed by atoms with van der Waals surface area (Å²) in [6.45, 7) is 2.94. The summed E-state index contributed by atoms with van der Waals surface area (Å²) in [5.41, 5.74) is 8.15. The number of nitrogens with two attached hydrogens (primary N) is 1. The van der Waals surface area contributed by atoms with Crippen LogP contribution in [0, 0.1) is 6.92 Å². The number of hydrogen-bond acceptors (Lipinski definition) is 5. The maximum Gasteiger partial charge on any atom is 0.170 e. The van der Waals surface area contributed by atoms with E-state index in [0.717, 1.165) is 11.3 Å². The van der Waals surface area contributed by atoms with Gasteiger partial charge in [-0.2, -0.15) is 0 Å². The molecule has 0 bridgehead atoms. The molecule has 7 heteroatoms. The van der Waals surface area contributed by atoms with E-state index < -0.39 is 9.84 Å². The van der Waals surface area contributed by atoms with E-state index in [4.69, 9.17) is 10.9 Å². The van der Waals surface area contributed by atoms with E-state index in [9.17, 15) is 8.42 Å². The molecular weight excluding hydrogens is 266 g/mol. The van der Waals surface area contributed by atoms with Crippen LogP contribution in [0.25, 0.3) is 0 Å². The normalized spacial score (nSPS) is 19.4. The molecule has 0 radical (unpaired) electrons. The summed E-state index contributed by atoms with van der Waals surface area (Å²) in [4.78, 5) is 2.05. The molecule has 0 atom stereocenters. The molecule has 1 aliphatic heterocycles. The van der Waals surface area contributed by atoms with Crippen molar-refractivity contribution >= 4 is 21.4 Å². The summed E-state index contributed by atoms with van der Waals surface area (Å²) in [5.74, 6) is 0.443. The van der Waals surface area contributed by atoms with Crippen LogP contribution in [0.2, 0.25) is 0 Å². The molecule has 19 heavy (non-hydrogen) atoms. The van der Waals surface area contributed by atoms with Crippen LogP contribution in [0.15, 0.2) is 23.4 Å². The predicted molar refractivity (Wildman–Crippen MR) is 74.6 cm³/mol. The molecule has 1 aliphatic rings. The summed E-state index contributed by atoms with van der Waals surface area (Å²) in [7, 11) is -2.88. The summed E-state index contributed by atoms with van der Waals surface area (Å²) >= 11 is 0. The molecule has 6 nitrogen and oxygen atoms in total. The number of aryl methyl sites for hydroxylation is 1. The molecule has 0 amide bonds. The number of nitrogens with zero attached hydrogens (tertiary/aromatic N) is 2. The van der Waals surface area contributed by atoms with Gasteiger partial charge < -0.3 is 15.8 Å². The molecule has 104 valence electrons. The Labute approximate surface area is 112 Å². The summed E-state index contributed by atoms with van der Waals surface area (Å²) in [5, 5.41) is 11.6. The van der Waals surface area contributed by atoms with Crippen LogP contribution < -0.4 is 10.6 Å². The third kappa shape index (κ3) is 2.98. The minimum absolute atomic E-state index is 0.0656. The van der Waals surface area contributed by atoms with Gasteiger partial charge in [0.25, 0.3) is 0 Å². The third-order valence-corrected chi connectivity index (χ3v) is 4.89. The van der Waals surface area contributed by atoms with Crippen LogP contribution in [0.4, 0.5) is 5.69 Å². The fourth-order valence-electron chi connectivity index (χ4n) is 2.18. The Kier molecular flexibility index (Phi) is 3.66. The monoisotopic (exact) mass is 283 g/mol. The van der Waals surface area contributed by atoms with E-state index >= 15 is 0 Å². The molecule has 1 heterocycles. The van der Waals surface area contributed by atoms with E-state index in [1.165, 1.54) is 0 Å². The fraction of sp³-hybridized carbons (Fsp3) is 0.417. The van der Waals surface area contributed by atoms with E-state index in [1.54, 1.807) is 6.07 Å². The minimum atomic E-state index is -2.88. The quantitative estimate of drug-likeness (QED) is 0.353. The lowest BCUT2D eigenvalue weighted by molar-refractivity contribution is 0.318. The Balaban J connectivity index is 2.23. The van der Waals surface area contributed by atoms with Crippen molar-refractivity contribution in [2.75, 3.05) is 29.5 Å². The second-order valence-electron chi connectivity index (χ2n) is 4.63. The van der Waals surface area contributed by atoms with Crippen LogP contribution in [-0.4, -0.2) is 44.1 Å². The first-order chi connectivity index (χ1) is 8.93. The highest BCUT2D eigenvalue weighted by molar-refractivity contribution is 7.91. The zero-order valence-electron chi connectivity index (χ0n) is 10.7. The van der Waals surface area contributed by atoms with Gasteiger partial charge >= 0.3 is 0 Å². The molecule has 0 saturated carbocycles. The molecule has 1 saturated heterocycles. The maximum absolute atomic E-state index is 11.4. The molecular formula is C12H17N3O3S. The number of sulfone groups is 1. The van der Waals surface area contributed by atoms with E-state index in [1.807, 2.05) is 24.0 Å². The van der Waals surface area contributed by atoms with Crippen LogP contribution in [0.5, 0.6) is 0 Å². The molecule has 0 aliphatic carbocycles. The molecule has 1 fully saturated rings. The van der Waals surface area contributed by atoms with Gasteiger partial charge in [0, 0.05) is 24.3 Å². The van der Waals surface area contributed by atoms with Crippen molar-refractivity contribution in [1.82, 2.24) is 0 Å². The lowest BCUT2D eigenvalue weighted by Crippen LogP contribution is -2.40. The van der Waals surface area contributed by atoms with Crippen molar-refractivity contribution < 1.29 is 13.6 Å². The van der Waals surface area contributed by atoms with Gasteiger partial charge in [-0.25, -0.2) is 8.42 Å². The van der Waals surface area contributed by atoms with Gasteiger partial charge in [0.05, 0.1) is 11.5 Å². The SMILES string of the molecule is Cc1cc(/C(N)=N/O)ccc1N1CCS(=O)(=O)CC1. The number of anilines is 1. The molecule has 0 aromatic heterocycles. The zero-order valence-corrected chi connectivity index (χ0v) is 11.5. The Morgan fingerprint density at radius 1 is 1.37 bits per heavy atom. The number of rotatable bonds is 2. The van der Waals surface area contributed by atoms with Gasteiger partial charge in [0.2, 0.25) is 0 Å². The molecule has 1 aromatic carbocycles. The largest absolute Gasteiger partial charge is 0.409 e. The van der Waals surface area contributed by atoms with Gasteiger partial charge in [-0.15, -0.1) is 0 Å². The lowest BCUT2D eigenvalue weighted by atomic mass is 10.1. The third-order valence-electron chi connectivity index (χ3n) is 3.29. The highest BCUT2D eigenvalue weighted by Gasteiger charge is 2.22. The summed E-state index contributed by atoms with van der Waals surface area (Å²) < 4.78 is 22.8. The van der Waals surface area contributed by atoms with Crippen molar-refractivity contribution in [2.24, 2.45) is 10.9 Å². The van der Waals surface area contributed by atoms with Gasteiger partial charge in [-0.05, 0) is 30.7 Å². The van der Waals surface area contributed by atoms with Gasteiger partial charge in [0.1, 0.15) is 0 Å². The molecule has 0 spiro atoms. The van der Waals surface area contributed by atoms with Crippen molar-refractivity contribution in [3.63, 3.8) is 0 Å². The second kappa shape index (κ2) is 5.08. The van der Waals surface area contributed by atoms with Crippen molar-refractivity contribution in [3.8, 4) is 0 Å². The first-order valence-corrected chi connectivity index (χ1v) is 7.79. The Hall–Kier alpha value is -1.76. The van der Waals surface area contributed by atoms with Crippen molar-refractivity contribution in [2.45, 2.75) is 6.92 Å². The standard InChI is InChI=1S/C12H17N3O3S/c1-9-8-10(12(13)14-16)2-3-11(9)15-4-6-19(17,18)7-5-15/h2-3,8,16H,4-7H2,1H3,(H2,13,14). The predicted octanol–water partition coefficient (Wildman–Crippen LogP) is 0.324. The zero-order chi connectivity index (χ0) is 14.0. The lowest BCUT2D eigenvalue weighted by Gasteiger charge is -2.30. The van der Waals surface area contributed by atoms with Crippen LogP contribution in [0.1, 0.15) is 11.1 Å². The molecule has 1 aromatic rings. The van der Waals surface area contributed by atoms with Gasteiger partial charge in [-0.3, -0.25) is 0 Å². The summed E-state index contributed by atoms with van der Waals surface area (Å²) in [6.07, 6.45) is 0. The number of hydrogen-bond donors (Lipinski definition) is 2. The van der Waals surface area contributed by atoms with Gasteiger partial charge in [-0.1, -0.05) is 5.16 Å². The van der Waals surface area contributed by atoms with Crippen LogP contribution in [0.3, 0.4) is 0 Å².